The lowest BCUT2D eigenvalue weighted by Gasteiger charge is -2.21. The first-order valence-electron chi connectivity index (χ1n) is 6.59. The molecule has 1 rings (SSSR count). The first-order valence-corrected chi connectivity index (χ1v) is 6.59. The standard InChI is InChI=1S/C15H23NO3/c1-4-19-15(18)9-14(17)11-16(3)10-13-8-6-5-7-12(13)2/h5-8,14,17H,4,9-11H2,1-3H3. The lowest BCUT2D eigenvalue weighted by molar-refractivity contribution is -0.145. The molecular weight excluding hydrogens is 242 g/mol. The van der Waals surface area contributed by atoms with Crippen LogP contribution in [-0.2, 0) is 16.1 Å². The first kappa shape index (κ1) is 15.7. The third-order valence-electron chi connectivity index (χ3n) is 2.93. The van der Waals surface area contributed by atoms with Gasteiger partial charge in [0.05, 0.1) is 19.1 Å². The van der Waals surface area contributed by atoms with Gasteiger partial charge in [-0.3, -0.25) is 9.69 Å². The fourth-order valence-electron chi connectivity index (χ4n) is 1.98. The van der Waals surface area contributed by atoms with E-state index in [0.29, 0.717) is 13.2 Å². The second-order valence-electron chi connectivity index (χ2n) is 4.79. The Morgan fingerprint density at radius 2 is 2.11 bits per heavy atom. The molecule has 19 heavy (non-hydrogen) atoms. The summed E-state index contributed by atoms with van der Waals surface area (Å²) in [5.41, 5.74) is 2.46. The lowest BCUT2D eigenvalue weighted by Crippen LogP contribution is -2.31. The van der Waals surface area contributed by atoms with E-state index in [0.717, 1.165) is 6.54 Å². The van der Waals surface area contributed by atoms with Gasteiger partial charge in [0.1, 0.15) is 0 Å². The number of likely N-dealkylation sites (N-methyl/N-ethyl adjacent to an activating group) is 1. The van der Waals surface area contributed by atoms with Gasteiger partial charge in [-0.2, -0.15) is 0 Å². The van der Waals surface area contributed by atoms with Crippen LogP contribution in [0.15, 0.2) is 24.3 Å². The highest BCUT2D eigenvalue weighted by Crippen LogP contribution is 2.10. The van der Waals surface area contributed by atoms with Crippen molar-refractivity contribution in [3.63, 3.8) is 0 Å². The Bertz CT molecular complexity index is 406. The summed E-state index contributed by atoms with van der Waals surface area (Å²) in [7, 11) is 1.93. The number of esters is 1. The Morgan fingerprint density at radius 1 is 1.42 bits per heavy atom. The van der Waals surface area contributed by atoms with Crippen LogP contribution in [0.5, 0.6) is 0 Å². The quantitative estimate of drug-likeness (QED) is 0.763. The van der Waals surface area contributed by atoms with Crippen LogP contribution in [0, 0.1) is 6.92 Å². The molecule has 0 heterocycles. The largest absolute Gasteiger partial charge is 0.466 e. The van der Waals surface area contributed by atoms with Crippen LogP contribution in [0.25, 0.3) is 0 Å². The van der Waals surface area contributed by atoms with Gasteiger partial charge in [0.15, 0.2) is 0 Å². The maximum absolute atomic E-state index is 11.2. The van der Waals surface area contributed by atoms with Crippen molar-refractivity contribution >= 4 is 5.97 Å². The van der Waals surface area contributed by atoms with Crippen molar-refractivity contribution in [2.24, 2.45) is 0 Å². The predicted molar refractivity (Wildman–Crippen MR) is 74.8 cm³/mol. The van der Waals surface area contributed by atoms with Crippen molar-refractivity contribution in [1.82, 2.24) is 4.90 Å². The molecule has 106 valence electrons. The van der Waals surface area contributed by atoms with Gasteiger partial charge in [-0.15, -0.1) is 0 Å². The monoisotopic (exact) mass is 265 g/mol. The maximum atomic E-state index is 11.2. The number of hydrogen-bond donors (Lipinski definition) is 1. The van der Waals surface area contributed by atoms with Crippen molar-refractivity contribution in [3.8, 4) is 0 Å². The van der Waals surface area contributed by atoms with Gasteiger partial charge >= 0.3 is 5.97 Å². The smallest absolute Gasteiger partial charge is 0.308 e. The van der Waals surface area contributed by atoms with Gasteiger partial charge in [-0.05, 0) is 32.0 Å². The molecule has 1 aromatic carbocycles. The minimum Gasteiger partial charge on any atom is -0.466 e. The van der Waals surface area contributed by atoms with E-state index < -0.39 is 6.10 Å². The van der Waals surface area contributed by atoms with Crippen LogP contribution < -0.4 is 0 Å². The fourth-order valence-corrected chi connectivity index (χ4v) is 1.98. The van der Waals surface area contributed by atoms with Crippen LogP contribution >= 0.6 is 0 Å². The molecule has 0 saturated carbocycles. The third-order valence-corrected chi connectivity index (χ3v) is 2.93. The molecule has 4 heteroatoms. The van der Waals surface area contributed by atoms with Crippen molar-refractivity contribution < 1.29 is 14.6 Å². The normalized spacial score (nSPS) is 12.5. The number of aliphatic hydroxyl groups is 1. The van der Waals surface area contributed by atoms with Gasteiger partial charge in [0, 0.05) is 13.1 Å². The molecule has 1 unspecified atom stereocenters. The molecule has 4 nitrogen and oxygen atoms in total. The van der Waals surface area contributed by atoms with Gasteiger partial charge in [0.25, 0.3) is 0 Å². The number of ether oxygens (including phenoxy) is 1. The summed E-state index contributed by atoms with van der Waals surface area (Å²) in [6, 6.07) is 8.15. The molecule has 0 bridgehead atoms. The van der Waals surface area contributed by atoms with Crippen LogP contribution in [0.2, 0.25) is 0 Å². The highest BCUT2D eigenvalue weighted by molar-refractivity contribution is 5.69. The van der Waals surface area contributed by atoms with E-state index in [1.807, 2.05) is 24.1 Å². The summed E-state index contributed by atoms with van der Waals surface area (Å²) >= 11 is 0. The molecule has 0 saturated heterocycles. The SMILES string of the molecule is CCOC(=O)CC(O)CN(C)Cc1ccccc1C. The minimum absolute atomic E-state index is 0.0476. The number of hydrogen-bond acceptors (Lipinski definition) is 4. The molecule has 0 spiro atoms. The molecule has 0 aliphatic carbocycles. The highest BCUT2D eigenvalue weighted by atomic mass is 16.5. The zero-order valence-corrected chi connectivity index (χ0v) is 11.9. The zero-order valence-electron chi connectivity index (χ0n) is 11.9. The summed E-state index contributed by atoms with van der Waals surface area (Å²) in [4.78, 5) is 13.3. The van der Waals surface area contributed by atoms with Crippen LogP contribution in [0.4, 0.5) is 0 Å². The number of benzene rings is 1. The Balaban J connectivity index is 2.40. The molecular formula is C15H23NO3. The number of carbonyl (C=O) groups is 1. The topological polar surface area (TPSA) is 49.8 Å². The Labute approximate surface area is 115 Å². The number of carbonyl (C=O) groups excluding carboxylic acids is 1. The van der Waals surface area contributed by atoms with Crippen molar-refractivity contribution in [1.29, 1.82) is 0 Å². The van der Waals surface area contributed by atoms with E-state index >= 15 is 0 Å². The molecule has 1 atom stereocenters. The van der Waals surface area contributed by atoms with E-state index in [1.165, 1.54) is 11.1 Å². The van der Waals surface area contributed by atoms with E-state index in [2.05, 4.69) is 19.1 Å². The third kappa shape index (κ3) is 5.85. The molecule has 1 N–H and O–H groups in total. The lowest BCUT2D eigenvalue weighted by atomic mass is 10.1. The van der Waals surface area contributed by atoms with Crippen molar-refractivity contribution in [3.05, 3.63) is 35.4 Å². The van der Waals surface area contributed by atoms with E-state index in [9.17, 15) is 9.90 Å². The molecule has 0 amide bonds. The van der Waals surface area contributed by atoms with E-state index in [1.54, 1.807) is 6.92 Å². The molecule has 0 fully saturated rings. The van der Waals surface area contributed by atoms with E-state index in [-0.39, 0.29) is 12.4 Å². The predicted octanol–water partition coefficient (Wildman–Crippen LogP) is 1.74. The van der Waals surface area contributed by atoms with Gasteiger partial charge < -0.3 is 9.84 Å². The molecule has 0 aliphatic rings. The van der Waals surface area contributed by atoms with Gasteiger partial charge in [0.2, 0.25) is 0 Å². The number of aliphatic hydroxyl groups excluding tert-OH is 1. The zero-order chi connectivity index (χ0) is 14.3. The Hall–Kier alpha value is -1.39. The summed E-state index contributed by atoms with van der Waals surface area (Å²) < 4.78 is 4.81. The molecule has 0 radical (unpaired) electrons. The average Bonchev–Trinajstić information content (AvgIpc) is 2.31. The van der Waals surface area contributed by atoms with Gasteiger partial charge in [-0.1, -0.05) is 24.3 Å². The van der Waals surface area contributed by atoms with Crippen LogP contribution in [0.3, 0.4) is 0 Å². The first-order chi connectivity index (χ1) is 9.02. The average molecular weight is 265 g/mol. The van der Waals surface area contributed by atoms with Crippen molar-refractivity contribution in [2.45, 2.75) is 32.9 Å². The Morgan fingerprint density at radius 3 is 2.74 bits per heavy atom. The van der Waals surface area contributed by atoms with E-state index in [4.69, 9.17) is 4.74 Å². The highest BCUT2D eigenvalue weighted by Gasteiger charge is 2.14. The number of rotatable bonds is 7. The molecule has 0 aromatic heterocycles. The summed E-state index contributed by atoms with van der Waals surface area (Å²) in [6.45, 7) is 5.39. The molecule has 0 aliphatic heterocycles. The van der Waals surface area contributed by atoms with Gasteiger partial charge in [-0.25, -0.2) is 0 Å². The second-order valence-corrected chi connectivity index (χ2v) is 4.79. The number of aryl methyl sites for hydroxylation is 1. The van der Waals surface area contributed by atoms with Crippen LogP contribution in [-0.4, -0.2) is 42.3 Å². The summed E-state index contributed by atoms with van der Waals surface area (Å²) in [5, 5.41) is 9.82. The fraction of sp³-hybridized carbons (Fsp3) is 0.533. The van der Waals surface area contributed by atoms with Crippen molar-refractivity contribution in [2.75, 3.05) is 20.2 Å². The minimum atomic E-state index is -0.687. The molecule has 1 aromatic rings. The maximum Gasteiger partial charge on any atom is 0.308 e. The summed E-state index contributed by atoms with van der Waals surface area (Å²) in [5.74, 6) is -0.348. The Kier molecular flexibility index (Phi) is 6.53. The second kappa shape index (κ2) is 7.92. The summed E-state index contributed by atoms with van der Waals surface area (Å²) in [6.07, 6.45) is -0.639. The van der Waals surface area contributed by atoms with Crippen LogP contribution in [0.1, 0.15) is 24.5 Å². The number of nitrogens with zero attached hydrogens (tertiary/aromatic N) is 1.